The van der Waals surface area contributed by atoms with E-state index in [1.54, 1.807) is 0 Å². The number of rotatable bonds is 7. The maximum atomic E-state index is 5.76. The summed E-state index contributed by atoms with van der Waals surface area (Å²) in [6, 6.07) is 0. The summed E-state index contributed by atoms with van der Waals surface area (Å²) in [6.07, 6.45) is 7.71. The zero-order chi connectivity index (χ0) is 9.40. The summed E-state index contributed by atoms with van der Waals surface area (Å²) >= 11 is 0. The van der Waals surface area contributed by atoms with Gasteiger partial charge in [-0.1, -0.05) is 38.5 Å². The van der Waals surface area contributed by atoms with E-state index in [-0.39, 0.29) is 0 Å². The molecule has 0 N–H and O–H groups in total. The lowest BCUT2D eigenvalue weighted by molar-refractivity contribution is 0.474. The highest BCUT2D eigenvalue weighted by molar-refractivity contribution is 4.90. The Morgan fingerprint density at radius 2 is 2.17 bits per heavy atom. The number of hydrogen-bond donors (Lipinski definition) is 0. The van der Waals surface area contributed by atoms with Gasteiger partial charge in [-0.2, -0.15) is 0 Å². The predicted octanol–water partition coefficient (Wildman–Crippen LogP) is 4.14. The lowest BCUT2D eigenvalue weighted by atomic mass is 9.94. The summed E-state index contributed by atoms with van der Waals surface area (Å²) in [5, 5.41) is 0. The van der Waals surface area contributed by atoms with Crippen LogP contribution in [0.2, 0.25) is 0 Å². The molecule has 0 spiro atoms. The molecule has 12 heavy (non-hydrogen) atoms. The van der Waals surface area contributed by atoms with E-state index >= 15 is 0 Å². The Morgan fingerprint density at radius 1 is 1.50 bits per heavy atom. The van der Waals surface area contributed by atoms with Gasteiger partial charge in [-0.05, 0) is 31.6 Å². The Bertz CT molecular complexity index is 133. The smallest absolute Gasteiger partial charge is 0.0315 e. The molecule has 0 nitrogen and oxygen atoms in total. The molecule has 0 heteroatoms. The molecule has 1 atom stereocenters. The van der Waals surface area contributed by atoms with Gasteiger partial charge < -0.3 is 0 Å². The third-order valence-electron chi connectivity index (χ3n) is 2.41. The Labute approximate surface area is 77.4 Å². The van der Waals surface area contributed by atoms with Crippen molar-refractivity contribution >= 4 is 0 Å². The van der Waals surface area contributed by atoms with Gasteiger partial charge in [0.05, 0.1) is 0 Å². The minimum absolute atomic E-state index is 0.785. The van der Waals surface area contributed by atoms with Crippen LogP contribution in [0.1, 0.15) is 46.0 Å². The summed E-state index contributed by atoms with van der Waals surface area (Å²) in [4.78, 5) is 0. The van der Waals surface area contributed by atoms with E-state index in [4.69, 9.17) is 6.58 Å². The molecule has 0 aromatic heterocycles. The molecule has 0 fully saturated rings. The molecule has 0 amide bonds. The molecule has 69 valence electrons. The molecule has 0 rings (SSSR count). The van der Waals surface area contributed by atoms with Gasteiger partial charge in [-0.15, -0.1) is 6.58 Å². The molecule has 0 aliphatic heterocycles. The zero-order valence-corrected chi connectivity index (χ0v) is 8.47. The van der Waals surface area contributed by atoms with Crippen LogP contribution in [0.5, 0.6) is 0 Å². The fourth-order valence-corrected chi connectivity index (χ4v) is 1.29. The van der Waals surface area contributed by atoms with Crippen LogP contribution in [0, 0.1) is 12.5 Å². The van der Waals surface area contributed by atoms with Crippen molar-refractivity contribution in [3.8, 4) is 0 Å². The maximum absolute atomic E-state index is 5.76. The summed E-state index contributed by atoms with van der Waals surface area (Å²) < 4.78 is 0. The predicted molar refractivity (Wildman–Crippen MR) is 55.9 cm³/mol. The lowest BCUT2D eigenvalue weighted by Gasteiger charge is -2.12. The van der Waals surface area contributed by atoms with Crippen molar-refractivity contribution in [3.05, 3.63) is 24.8 Å². The van der Waals surface area contributed by atoms with Crippen LogP contribution in [-0.4, -0.2) is 0 Å². The largest absolute Gasteiger partial charge is 0.103 e. The molecule has 0 heterocycles. The molecule has 0 saturated carbocycles. The zero-order valence-electron chi connectivity index (χ0n) is 8.47. The van der Waals surface area contributed by atoms with E-state index in [0.29, 0.717) is 0 Å². The topological polar surface area (TPSA) is 0 Å². The lowest BCUT2D eigenvalue weighted by Crippen LogP contribution is -1.97. The molecule has 0 saturated heterocycles. The van der Waals surface area contributed by atoms with E-state index in [1.165, 1.54) is 12.8 Å². The van der Waals surface area contributed by atoms with Gasteiger partial charge in [0.15, 0.2) is 0 Å². The molecular formula is C12H21. The summed E-state index contributed by atoms with van der Waals surface area (Å²) in [6.45, 7) is 13.9. The second kappa shape index (κ2) is 7.15. The van der Waals surface area contributed by atoms with Crippen LogP contribution in [0.4, 0.5) is 0 Å². The number of hydrogen-bond acceptors (Lipinski definition) is 0. The third kappa shape index (κ3) is 5.17. The van der Waals surface area contributed by atoms with Gasteiger partial charge in [0, 0.05) is 0 Å². The van der Waals surface area contributed by atoms with E-state index in [1.807, 2.05) is 6.08 Å². The van der Waals surface area contributed by atoms with Crippen LogP contribution in [0.3, 0.4) is 0 Å². The van der Waals surface area contributed by atoms with Gasteiger partial charge in [0.25, 0.3) is 0 Å². The highest BCUT2D eigenvalue weighted by Gasteiger charge is 2.03. The molecule has 1 unspecified atom stereocenters. The van der Waals surface area contributed by atoms with Gasteiger partial charge in [0.2, 0.25) is 0 Å². The second-order valence-electron chi connectivity index (χ2n) is 3.35. The second-order valence-corrected chi connectivity index (χ2v) is 3.35. The van der Waals surface area contributed by atoms with Crippen molar-refractivity contribution in [2.45, 2.75) is 46.0 Å². The van der Waals surface area contributed by atoms with E-state index < -0.39 is 0 Å². The van der Waals surface area contributed by atoms with Crippen molar-refractivity contribution in [1.29, 1.82) is 0 Å². The monoisotopic (exact) mass is 165 g/mol. The van der Waals surface area contributed by atoms with Crippen LogP contribution in [0.25, 0.3) is 0 Å². The molecule has 1 radical (unpaired) electrons. The average Bonchev–Trinajstić information content (AvgIpc) is 2.11. The quantitative estimate of drug-likeness (QED) is 0.497. The van der Waals surface area contributed by atoms with E-state index in [9.17, 15) is 0 Å². The Balaban J connectivity index is 3.56. The molecule has 0 aliphatic rings. The molecule has 0 aliphatic carbocycles. The molecule has 0 aromatic carbocycles. The van der Waals surface area contributed by atoms with Crippen molar-refractivity contribution in [1.82, 2.24) is 0 Å². The molecule has 0 aromatic rings. The van der Waals surface area contributed by atoms with Crippen LogP contribution in [0.15, 0.2) is 18.2 Å². The van der Waals surface area contributed by atoms with Gasteiger partial charge in [-0.25, -0.2) is 0 Å². The minimum atomic E-state index is 0.785. The van der Waals surface area contributed by atoms with E-state index in [2.05, 4.69) is 20.4 Å². The first kappa shape index (κ1) is 11.5. The van der Waals surface area contributed by atoms with Crippen molar-refractivity contribution in [2.24, 2.45) is 5.92 Å². The summed E-state index contributed by atoms with van der Waals surface area (Å²) in [5.41, 5.74) is 1.14. The van der Waals surface area contributed by atoms with Crippen LogP contribution >= 0.6 is 0 Å². The van der Waals surface area contributed by atoms with Gasteiger partial charge in [0.1, 0.15) is 0 Å². The first-order valence-corrected chi connectivity index (χ1v) is 4.95. The summed E-state index contributed by atoms with van der Waals surface area (Å²) in [7, 11) is 0. The highest BCUT2D eigenvalue weighted by Crippen LogP contribution is 2.19. The molecular weight excluding hydrogens is 144 g/mol. The standard InChI is InChI=1S/C12H21/c1-5-8-12(7-3)10-9-11(4)6-2/h4-5,12H,1,6-10H2,2-3H3. The average molecular weight is 165 g/mol. The minimum Gasteiger partial charge on any atom is -0.103 e. The Morgan fingerprint density at radius 3 is 2.58 bits per heavy atom. The van der Waals surface area contributed by atoms with Crippen LogP contribution in [-0.2, 0) is 0 Å². The first-order valence-electron chi connectivity index (χ1n) is 4.95. The SMILES string of the molecule is [CH]=C(CC)CCC(CC)CC=C. The Hall–Kier alpha value is -0.520. The van der Waals surface area contributed by atoms with Crippen LogP contribution < -0.4 is 0 Å². The fourth-order valence-electron chi connectivity index (χ4n) is 1.29. The van der Waals surface area contributed by atoms with Crippen molar-refractivity contribution < 1.29 is 0 Å². The van der Waals surface area contributed by atoms with Crippen molar-refractivity contribution in [2.75, 3.05) is 0 Å². The summed E-state index contributed by atoms with van der Waals surface area (Å²) in [5.74, 6) is 0.785. The number of allylic oxidation sites excluding steroid dienone is 2. The third-order valence-corrected chi connectivity index (χ3v) is 2.41. The van der Waals surface area contributed by atoms with Gasteiger partial charge in [-0.3, -0.25) is 0 Å². The maximum Gasteiger partial charge on any atom is -0.0315 e. The fraction of sp³-hybridized carbons (Fsp3) is 0.667. The van der Waals surface area contributed by atoms with Gasteiger partial charge >= 0.3 is 0 Å². The van der Waals surface area contributed by atoms with E-state index in [0.717, 1.165) is 30.8 Å². The Kier molecular flexibility index (Phi) is 6.84. The normalized spacial score (nSPS) is 12.5. The first-order chi connectivity index (χ1) is 5.74. The highest BCUT2D eigenvalue weighted by atomic mass is 14.1. The van der Waals surface area contributed by atoms with Crippen molar-refractivity contribution in [3.63, 3.8) is 0 Å². The molecule has 0 bridgehead atoms.